The van der Waals surface area contributed by atoms with Crippen molar-refractivity contribution < 1.29 is 9.59 Å². The van der Waals surface area contributed by atoms with Crippen molar-refractivity contribution in [1.29, 1.82) is 0 Å². The number of thioether (sulfide) groups is 1. The molecule has 4 rings (SSSR count). The Hall–Kier alpha value is -3.15. The Morgan fingerprint density at radius 3 is 2.47 bits per heavy atom. The number of nitrogens with zero attached hydrogens (tertiary/aromatic N) is 4. The average Bonchev–Trinajstić information content (AvgIpc) is 3.47. The lowest BCUT2D eigenvalue weighted by molar-refractivity contribution is -0.116. The Bertz CT molecular complexity index is 1120. The summed E-state index contributed by atoms with van der Waals surface area (Å²) < 4.78 is 0. The zero-order chi connectivity index (χ0) is 23.6. The molecule has 2 amide bonds. The van der Waals surface area contributed by atoms with Crippen molar-refractivity contribution in [3.8, 4) is 0 Å². The number of carbonyl (C=O) groups excluding carboxylic acids is 2. The smallest absolute Gasteiger partial charge is 0.232 e. The van der Waals surface area contributed by atoms with Crippen LogP contribution in [0.3, 0.4) is 0 Å². The topological polar surface area (TPSA) is 110 Å². The van der Waals surface area contributed by atoms with Crippen molar-refractivity contribution in [3.05, 3.63) is 82.1 Å². The van der Waals surface area contributed by atoms with E-state index in [2.05, 4.69) is 30.8 Å². The minimum absolute atomic E-state index is 0.101. The van der Waals surface area contributed by atoms with Gasteiger partial charge in [0, 0.05) is 40.9 Å². The largest absolute Gasteiger partial charge is 0.302 e. The van der Waals surface area contributed by atoms with Crippen LogP contribution in [-0.4, -0.2) is 37.7 Å². The van der Waals surface area contributed by atoms with Gasteiger partial charge in [-0.15, -0.1) is 21.5 Å². The van der Waals surface area contributed by atoms with Crippen molar-refractivity contribution in [2.45, 2.75) is 25.0 Å². The zero-order valence-electron chi connectivity index (χ0n) is 18.1. The molecule has 174 valence electrons. The van der Waals surface area contributed by atoms with Gasteiger partial charge in [-0.25, -0.2) is 4.98 Å². The van der Waals surface area contributed by atoms with Crippen LogP contribution in [0.4, 0.5) is 10.3 Å². The van der Waals surface area contributed by atoms with E-state index in [1.807, 2.05) is 48.5 Å². The fourth-order valence-corrected chi connectivity index (χ4v) is 5.70. The molecule has 34 heavy (non-hydrogen) atoms. The summed E-state index contributed by atoms with van der Waals surface area (Å²) in [5.74, 6) is 1.44. The maximum atomic E-state index is 12.2. The Kier molecular flexibility index (Phi) is 8.71. The summed E-state index contributed by atoms with van der Waals surface area (Å²) in [6, 6.07) is 15.1. The number of aryl methyl sites for hydroxylation is 1. The predicted octanol–water partition coefficient (Wildman–Crippen LogP) is 4.23. The van der Waals surface area contributed by atoms with Gasteiger partial charge in [-0.05, 0) is 17.7 Å². The van der Waals surface area contributed by atoms with Crippen LogP contribution < -0.4 is 10.6 Å². The Morgan fingerprint density at radius 2 is 1.65 bits per heavy atom. The molecule has 2 N–H and O–H groups in total. The second-order valence-electron chi connectivity index (χ2n) is 7.19. The van der Waals surface area contributed by atoms with Gasteiger partial charge >= 0.3 is 0 Å². The highest BCUT2D eigenvalue weighted by molar-refractivity contribution is 7.98. The molecule has 0 fully saturated rings. The van der Waals surface area contributed by atoms with Crippen LogP contribution >= 0.6 is 34.4 Å². The van der Waals surface area contributed by atoms with E-state index in [0.717, 1.165) is 39.1 Å². The number of rotatable bonds is 11. The van der Waals surface area contributed by atoms with Gasteiger partial charge in [-0.3, -0.25) is 14.6 Å². The maximum absolute atomic E-state index is 12.2. The van der Waals surface area contributed by atoms with Crippen LogP contribution in [0.5, 0.6) is 0 Å². The number of hydrogen-bond acceptors (Lipinski definition) is 9. The van der Waals surface area contributed by atoms with E-state index in [4.69, 9.17) is 0 Å². The minimum atomic E-state index is -0.129. The fourth-order valence-electron chi connectivity index (χ4n) is 2.94. The first-order valence-electron chi connectivity index (χ1n) is 10.5. The summed E-state index contributed by atoms with van der Waals surface area (Å²) in [4.78, 5) is 33.8. The summed E-state index contributed by atoms with van der Waals surface area (Å²) in [6.07, 6.45) is 4.77. The number of amides is 2. The van der Waals surface area contributed by atoms with E-state index in [0.29, 0.717) is 16.7 Å². The van der Waals surface area contributed by atoms with Crippen LogP contribution in [0.1, 0.15) is 21.1 Å². The molecular formula is C23H22N6O2S3. The summed E-state index contributed by atoms with van der Waals surface area (Å²) in [7, 11) is 0. The SMILES string of the molecule is O=C(Cc1ccccn1)Nc1ncc(CSCCc2nnc(NC(=O)Cc3ccccc3)s2)s1. The first kappa shape index (κ1) is 24.0. The quantitative estimate of drug-likeness (QED) is 0.291. The van der Waals surface area contributed by atoms with Crippen LogP contribution in [0.25, 0.3) is 0 Å². The van der Waals surface area contributed by atoms with Crippen molar-refractivity contribution >= 4 is 56.5 Å². The molecule has 0 atom stereocenters. The van der Waals surface area contributed by atoms with Gasteiger partial charge in [-0.2, -0.15) is 11.8 Å². The summed E-state index contributed by atoms with van der Waals surface area (Å²) in [5.41, 5.74) is 1.68. The van der Waals surface area contributed by atoms with E-state index >= 15 is 0 Å². The third-order valence-corrected chi connectivity index (χ3v) is 7.49. The molecule has 0 aliphatic rings. The van der Waals surface area contributed by atoms with Gasteiger partial charge in [0.05, 0.1) is 12.8 Å². The van der Waals surface area contributed by atoms with E-state index in [1.165, 1.54) is 22.7 Å². The molecule has 0 saturated heterocycles. The molecule has 8 nitrogen and oxygen atoms in total. The van der Waals surface area contributed by atoms with Gasteiger partial charge in [0.2, 0.25) is 16.9 Å². The Morgan fingerprint density at radius 1 is 0.853 bits per heavy atom. The van der Waals surface area contributed by atoms with Crippen LogP contribution in [0, 0.1) is 0 Å². The van der Waals surface area contributed by atoms with Crippen molar-refractivity contribution in [2.75, 3.05) is 16.4 Å². The zero-order valence-corrected chi connectivity index (χ0v) is 20.6. The lowest BCUT2D eigenvalue weighted by Crippen LogP contribution is -2.14. The van der Waals surface area contributed by atoms with Gasteiger partial charge in [0.1, 0.15) is 5.01 Å². The molecule has 0 spiro atoms. The number of pyridine rings is 1. The standard InChI is InChI=1S/C23H22N6O2S3/c30-19(12-16-6-2-1-3-7-16)27-23-29-28-21(34-23)9-11-32-15-18-14-25-22(33-18)26-20(31)13-17-8-4-5-10-24-17/h1-8,10,14H,9,11-13,15H2,(H,25,26,31)(H,27,29,30). The van der Waals surface area contributed by atoms with Gasteiger partial charge in [0.25, 0.3) is 0 Å². The number of thiazole rings is 1. The summed E-state index contributed by atoms with van der Waals surface area (Å²) in [5, 5.41) is 15.9. The third kappa shape index (κ3) is 7.72. The van der Waals surface area contributed by atoms with E-state index in [-0.39, 0.29) is 18.2 Å². The fraction of sp³-hybridized carbons (Fsp3) is 0.217. The van der Waals surface area contributed by atoms with Gasteiger partial charge < -0.3 is 10.6 Å². The molecule has 0 radical (unpaired) electrons. The maximum Gasteiger partial charge on any atom is 0.232 e. The molecular weight excluding hydrogens is 488 g/mol. The molecule has 0 aliphatic carbocycles. The summed E-state index contributed by atoms with van der Waals surface area (Å²) >= 11 is 4.63. The molecule has 11 heteroatoms. The van der Waals surface area contributed by atoms with Gasteiger partial charge in [0.15, 0.2) is 5.13 Å². The molecule has 0 bridgehead atoms. The number of hydrogen-bond donors (Lipinski definition) is 2. The number of nitrogens with one attached hydrogen (secondary N) is 2. The summed E-state index contributed by atoms with van der Waals surface area (Å²) in [6.45, 7) is 0. The van der Waals surface area contributed by atoms with Crippen molar-refractivity contribution in [1.82, 2.24) is 20.2 Å². The third-order valence-electron chi connectivity index (χ3n) is 4.49. The predicted molar refractivity (Wildman–Crippen MR) is 137 cm³/mol. The van der Waals surface area contributed by atoms with E-state index < -0.39 is 0 Å². The second-order valence-corrected chi connectivity index (χ2v) is 10.5. The highest BCUT2D eigenvalue weighted by Crippen LogP contribution is 2.24. The van der Waals surface area contributed by atoms with Crippen LogP contribution in [-0.2, 0) is 34.6 Å². The number of benzene rings is 1. The average molecular weight is 511 g/mol. The van der Waals surface area contributed by atoms with Crippen LogP contribution in [0.15, 0.2) is 60.9 Å². The number of carbonyl (C=O) groups is 2. The molecule has 0 unspecified atom stereocenters. The lowest BCUT2D eigenvalue weighted by Gasteiger charge is -2.01. The Labute approximate surface area is 209 Å². The molecule has 0 aliphatic heterocycles. The highest BCUT2D eigenvalue weighted by Gasteiger charge is 2.11. The van der Waals surface area contributed by atoms with E-state index in [9.17, 15) is 9.59 Å². The van der Waals surface area contributed by atoms with Gasteiger partial charge in [-0.1, -0.05) is 47.7 Å². The molecule has 0 saturated carbocycles. The first-order chi connectivity index (χ1) is 16.6. The van der Waals surface area contributed by atoms with Crippen molar-refractivity contribution in [3.63, 3.8) is 0 Å². The lowest BCUT2D eigenvalue weighted by atomic mass is 10.1. The monoisotopic (exact) mass is 510 g/mol. The minimum Gasteiger partial charge on any atom is -0.302 e. The van der Waals surface area contributed by atoms with Crippen molar-refractivity contribution in [2.24, 2.45) is 0 Å². The molecule has 4 aromatic rings. The van der Waals surface area contributed by atoms with E-state index in [1.54, 1.807) is 24.2 Å². The normalized spacial score (nSPS) is 10.7. The Balaban J connectivity index is 1.15. The molecule has 3 heterocycles. The molecule has 1 aromatic carbocycles. The number of aromatic nitrogens is 4. The molecule has 3 aromatic heterocycles. The second kappa shape index (κ2) is 12.4. The number of anilines is 2. The highest BCUT2D eigenvalue weighted by atomic mass is 32.2. The first-order valence-corrected chi connectivity index (χ1v) is 13.3. The van der Waals surface area contributed by atoms with Crippen LogP contribution in [0.2, 0.25) is 0 Å².